The van der Waals surface area contributed by atoms with Crippen molar-refractivity contribution in [2.45, 2.75) is 0 Å². The highest BCUT2D eigenvalue weighted by Crippen LogP contribution is 2.12. The Morgan fingerprint density at radius 1 is 1.31 bits per heavy atom. The second-order valence-electron chi connectivity index (χ2n) is 2.50. The maximum atomic E-state index is 11.2. The van der Waals surface area contributed by atoms with E-state index in [0.717, 1.165) is 0 Å². The van der Waals surface area contributed by atoms with Crippen LogP contribution < -0.4 is 11.2 Å². The standard InChI is InChI=1S/C8H6N2O3/c11-7-6(3-9-8(12)10-7)5-1-2-13-4-5/h1-4H,(H2,9,10,11,12). The summed E-state index contributed by atoms with van der Waals surface area (Å²) in [4.78, 5) is 26.4. The van der Waals surface area contributed by atoms with E-state index in [1.807, 2.05) is 0 Å². The number of aromatic amines is 2. The zero-order chi connectivity index (χ0) is 9.26. The first-order valence-electron chi connectivity index (χ1n) is 3.62. The van der Waals surface area contributed by atoms with E-state index in [2.05, 4.69) is 9.97 Å². The normalized spacial score (nSPS) is 10.2. The molecule has 5 nitrogen and oxygen atoms in total. The van der Waals surface area contributed by atoms with Gasteiger partial charge in [-0.15, -0.1) is 0 Å². The van der Waals surface area contributed by atoms with Crippen LogP contribution in [0.15, 0.2) is 38.8 Å². The molecule has 0 fully saturated rings. The molecule has 2 heterocycles. The first kappa shape index (κ1) is 7.60. The minimum Gasteiger partial charge on any atom is -0.472 e. The third kappa shape index (κ3) is 1.31. The van der Waals surface area contributed by atoms with E-state index in [0.29, 0.717) is 11.1 Å². The summed E-state index contributed by atoms with van der Waals surface area (Å²) in [7, 11) is 0. The van der Waals surface area contributed by atoms with E-state index in [4.69, 9.17) is 4.42 Å². The number of rotatable bonds is 1. The van der Waals surface area contributed by atoms with Crippen molar-refractivity contribution in [3.05, 3.63) is 45.6 Å². The first-order valence-corrected chi connectivity index (χ1v) is 3.62. The molecule has 0 aromatic carbocycles. The van der Waals surface area contributed by atoms with Gasteiger partial charge in [-0.3, -0.25) is 9.78 Å². The Hall–Kier alpha value is -2.04. The van der Waals surface area contributed by atoms with E-state index in [9.17, 15) is 9.59 Å². The van der Waals surface area contributed by atoms with Crippen molar-refractivity contribution in [1.82, 2.24) is 9.97 Å². The van der Waals surface area contributed by atoms with Gasteiger partial charge in [0.2, 0.25) is 0 Å². The Kier molecular flexibility index (Phi) is 1.63. The van der Waals surface area contributed by atoms with Gasteiger partial charge >= 0.3 is 5.69 Å². The van der Waals surface area contributed by atoms with Gasteiger partial charge in [-0.05, 0) is 6.07 Å². The lowest BCUT2D eigenvalue weighted by Gasteiger charge is -1.92. The summed E-state index contributed by atoms with van der Waals surface area (Å²) in [5, 5.41) is 0. The second kappa shape index (κ2) is 2.78. The Morgan fingerprint density at radius 3 is 2.77 bits per heavy atom. The summed E-state index contributed by atoms with van der Waals surface area (Å²) in [6.45, 7) is 0. The molecule has 0 saturated heterocycles. The predicted octanol–water partition coefficient (Wildman–Crippen LogP) is 0.323. The summed E-state index contributed by atoms with van der Waals surface area (Å²) in [6.07, 6.45) is 4.24. The molecule has 0 spiro atoms. The number of hydrogen-bond donors (Lipinski definition) is 2. The summed E-state index contributed by atoms with van der Waals surface area (Å²) < 4.78 is 4.81. The third-order valence-electron chi connectivity index (χ3n) is 1.65. The third-order valence-corrected chi connectivity index (χ3v) is 1.65. The van der Waals surface area contributed by atoms with Gasteiger partial charge in [0.05, 0.1) is 18.1 Å². The highest BCUT2D eigenvalue weighted by atomic mass is 16.3. The van der Waals surface area contributed by atoms with Crippen molar-refractivity contribution >= 4 is 0 Å². The van der Waals surface area contributed by atoms with Crippen LogP contribution in [0, 0.1) is 0 Å². The molecule has 0 atom stereocenters. The van der Waals surface area contributed by atoms with Crippen molar-refractivity contribution < 1.29 is 4.42 Å². The molecule has 13 heavy (non-hydrogen) atoms. The van der Waals surface area contributed by atoms with Crippen LogP contribution in [0.25, 0.3) is 11.1 Å². The summed E-state index contributed by atoms with van der Waals surface area (Å²) in [5.74, 6) is 0. The molecule has 0 unspecified atom stereocenters. The molecule has 0 aliphatic carbocycles. The van der Waals surface area contributed by atoms with E-state index in [-0.39, 0.29) is 0 Å². The van der Waals surface area contributed by atoms with Gasteiger partial charge in [-0.1, -0.05) is 0 Å². The Morgan fingerprint density at radius 2 is 2.15 bits per heavy atom. The molecule has 0 amide bonds. The monoisotopic (exact) mass is 178 g/mol. The number of nitrogens with one attached hydrogen (secondary N) is 2. The van der Waals surface area contributed by atoms with Crippen molar-refractivity contribution in [3.63, 3.8) is 0 Å². The Bertz CT molecular complexity index is 507. The fraction of sp³-hybridized carbons (Fsp3) is 0. The molecule has 0 radical (unpaired) electrons. The summed E-state index contributed by atoms with van der Waals surface area (Å²) in [6, 6.07) is 1.64. The maximum Gasteiger partial charge on any atom is 0.325 e. The predicted molar refractivity (Wildman–Crippen MR) is 45.4 cm³/mol. The summed E-state index contributed by atoms with van der Waals surface area (Å²) >= 11 is 0. The van der Waals surface area contributed by atoms with Crippen LogP contribution in [-0.4, -0.2) is 9.97 Å². The quantitative estimate of drug-likeness (QED) is 0.660. The molecule has 0 aliphatic rings. The summed E-state index contributed by atoms with van der Waals surface area (Å²) in [5.41, 5.74) is 0.0771. The van der Waals surface area contributed by atoms with E-state index < -0.39 is 11.2 Å². The Balaban J connectivity index is 2.67. The van der Waals surface area contributed by atoms with E-state index in [1.165, 1.54) is 18.7 Å². The highest BCUT2D eigenvalue weighted by Gasteiger charge is 2.03. The van der Waals surface area contributed by atoms with Gasteiger partial charge in [-0.2, -0.15) is 0 Å². The average Bonchev–Trinajstić information content (AvgIpc) is 2.56. The Labute approximate surface area is 72.0 Å². The maximum absolute atomic E-state index is 11.2. The molecule has 0 aliphatic heterocycles. The molecule has 2 rings (SSSR count). The largest absolute Gasteiger partial charge is 0.472 e. The van der Waals surface area contributed by atoms with Gasteiger partial charge in [0.25, 0.3) is 5.56 Å². The zero-order valence-electron chi connectivity index (χ0n) is 6.53. The average molecular weight is 178 g/mol. The van der Waals surface area contributed by atoms with E-state index in [1.54, 1.807) is 6.07 Å². The first-order chi connectivity index (χ1) is 6.27. The lowest BCUT2D eigenvalue weighted by Crippen LogP contribution is -2.22. The number of aromatic nitrogens is 2. The van der Waals surface area contributed by atoms with Gasteiger partial charge in [0.1, 0.15) is 0 Å². The second-order valence-corrected chi connectivity index (χ2v) is 2.50. The number of H-pyrrole nitrogens is 2. The van der Waals surface area contributed by atoms with Crippen molar-refractivity contribution in [3.8, 4) is 11.1 Å². The molecule has 66 valence electrons. The van der Waals surface area contributed by atoms with Crippen LogP contribution in [0.4, 0.5) is 0 Å². The number of furan rings is 1. The SMILES string of the molecule is O=c1[nH]cc(-c2ccoc2)c(=O)[nH]1. The minimum absolute atomic E-state index is 0.383. The van der Waals surface area contributed by atoms with Crippen LogP contribution >= 0.6 is 0 Å². The fourth-order valence-corrected chi connectivity index (χ4v) is 1.04. The van der Waals surface area contributed by atoms with Crippen LogP contribution in [-0.2, 0) is 0 Å². The highest BCUT2D eigenvalue weighted by molar-refractivity contribution is 5.59. The van der Waals surface area contributed by atoms with Crippen molar-refractivity contribution in [1.29, 1.82) is 0 Å². The lowest BCUT2D eigenvalue weighted by atomic mass is 10.2. The van der Waals surface area contributed by atoms with Crippen LogP contribution in [0.5, 0.6) is 0 Å². The molecule has 0 bridgehead atoms. The molecular formula is C8H6N2O3. The topological polar surface area (TPSA) is 78.9 Å². The fourth-order valence-electron chi connectivity index (χ4n) is 1.04. The minimum atomic E-state index is -0.516. The molecule has 2 aromatic heterocycles. The van der Waals surface area contributed by atoms with Crippen LogP contribution in [0.2, 0.25) is 0 Å². The molecule has 2 aromatic rings. The smallest absolute Gasteiger partial charge is 0.325 e. The lowest BCUT2D eigenvalue weighted by molar-refractivity contribution is 0.568. The molecular weight excluding hydrogens is 172 g/mol. The molecule has 5 heteroatoms. The van der Waals surface area contributed by atoms with Gasteiger partial charge in [0, 0.05) is 11.8 Å². The van der Waals surface area contributed by atoms with Gasteiger partial charge < -0.3 is 9.40 Å². The van der Waals surface area contributed by atoms with Crippen molar-refractivity contribution in [2.24, 2.45) is 0 Å². The zero-order valence-corrected chi connectivity index (χ0v) is 6.53. The van der Waals surface area contributed by atoms with Crippen LogP contribution in [0.1, 0.15) is 0 Å². The van der Waals surface area contributed by atoms with E-state index >= 15 is 0 Å². The van der Waals surface area contributed by atoms with Gasteiger partial charge in [0.15, 0.2) is 0 Å². The molecule has 2 N–H and O–H groups in total. The van der Waals surface area contributed by atoms with Gasteiger partial charge in [-0.25, -0.2) is 4.79 Å². The molecule has 0 saturated carbocycles. The van der Waals surface area contributed by atoms with Crippen LogP contribution in [0.3, 0.4) is 0 Å². The number of hydrogen-bond acceptors (Lipinski definition) is 3. The van der Waals surface area contributed by atoms with Crippen molar-refractivity contribution in [2.75, 3.05) is 0 Å².